The molecule has 10 heteroatoms. The molecule has 188 valence electrons. The Balaban J connectivity index is 1.59. The Hall–Kier alpha value is -1.85. The zero-order valence-corrected chi connectivity index (χ0v) is 23.5. The minimum absolute atomic E-state index is 0.0376. The van der Waals surface area contributed by atoms with Crippen molar-refractivity contribution in [3.05, 3.63) is 52.5 Å². The summed E-state index contributed by atoms with van der Waals surface area (Å²) in [4.78, 5) is 22.1. The van der Waals surface area contributed by atoms with Gasteiger partial charge in [-0.3, -0.25) is 9.69 Å². The molecule has 1 saturated carbocycles. The van der Waals surface area contributed by atoms with Crippen LogP contribution in [-0.2, 0) is 10.0 Å². The first-order valence-corrected chi connectivity index (χ1v) is 14.8. The Labute approximate surface area is 219 Å². The van der Waals surface area contributed by atoms with Gasteiger partial charge in [0, 0.05) is 36.2 Å². The third-order valence-corrected chi connectivity index (χ3v) is 9.91. The summed E-state index contributed by atoms with van der Waals surface area (Å²) in [6.45, 7) is 1.14. The quantitative estimate of drug-likeness (QED) is 0.366. The van der Waals surface area contributed by atoms with Crippen LogP contribution in [0, 0.1) is 0 Å². The molecular weight excluding hydrogens is 548 g/mol. The summed E-state index contributed by atoms with van der Waals surface area (Å²) < 4.78 is 29.8. The van der Waals surface area contributed by atoms with Gasteiger partial charge >= 0.3 is 0 Å². The topological polar surface area (TPSA) is 73.8 Å². The van der Waals surface area contributed by atoms with E-state index in [-0.39, 0.29) is 16.8 Å². The third-order valence-electron chi connectivity index (χ3n) is 6.45. The van der Waals surface area contributed by atoms with Crippen molar-refractivity contribution in [3.8, 4) is 0 Å². The maximum atomic E-state index is 13.5. The van der Waals surface area contributed by atoms with Gasteiger partial charge in [0.2, 0.25) is 10.0 Å². The molecule has 3 aromatic rings. The Kier molecular flexibility index (Phi) is 8.27. The second kappa shape index (κ2) is 11.0. The number of carbonyl (C=O) groups excluding carboxylic acids is 1. The molecule has 0 saturated heterocycles. The van der Waals surface area contributed by atoms with Crippen molar-refractivity contribution in [2.75, 3.05) is 39.1 Å². The fraction of sp³-hybridized carbons (Fsp3) is 0.440. The standard InChI is InChI=1S/C25H31BrN4O3S2/c1-28(2)15-16-30(25-27-22-14-11-19(26)17-23(22)34-25)24(31)18-9-12-21(13-10-18)35(32,33)29(3)20-7-5-4-6-8-20/h9-14,17,20H,4-8,15-16H2,1-3H3. The van der Waals surface area contributed by atoms with Gasteiger partial charge < -0.3 is 4.90 Å². The molecule has 0 atom stereocenters. The molecule has 0 spiro atoms. The molecule has 0 aliphatic heterocycles. The predicted octanol–water partition coefficient (Wildman–Crippen LogP) is 5.22. The van der Waals surface area contributed by atoms with Crippen LogP contribution >= 0.6 is 27.3 Å². The van der Waals surface area contributed by atoms with Gasteiger partial charge in [-0.25, -0.2) is 13.4 Å². The highest BCUT2D eigenvalue weighted by Crippen LogP contribution is 2.32. The number of anilines is 1. The number of hydrogen-bond acceptors (Lipinski definition) is 6. The van der Waals surface area contributed by atoms with Crippen LogP contribution in [0.15, 0.2) is 51.8 Å². The van der Waals surface area contributed by atoms with Crippen molar-refractivity contribution < 1.29 is 13.2 Å². The fourth-order valence-electron chi connectivity index (χ4n) is 4.32. The summed E-state index contributed by atoms with van der Waals surface area (Å²) in [6, 6.07) is 12.2. The van der Waals surface area contributed by atoms with Crippen molar-refractivity contribution in [3.63, 3.8) is 0 Å². The first-order valence-electron chi connectivity index (χ1n) is 11.8. The van der Waals surface area contributed by atoms with E-state index in [1.807, 2.05) is 37.2 Å². The molecule has 1 heterocycles. The number of nitrogens with zero attached hydrogens (tertiary/aromatic N) is 4. The zero-order valence-electron chi connectivity index (χ0n) is 20.3. The summed E-state index contributed by atoms with van der Waals surface area (Å²) >= 11 is 4.96. The molecule has 1 aromatic heterocycles. The minimum atomic E-state index is -3.61. The van der Waals surface area contributed by atoms with E-state index in [4.69, 9.17) is 4.98 Å². The molecule has 35 heavy (non-hydrogen) atoms. The first kappa shape index (κ1) is 26.2. The van der Waals surface area contributed by atoms with Crippen molar-refractivity contribution >= 4 is 58.5 Å². The lowest BCUT2D eigenvalue weighted by atomic mass is 9.96. The zero-order chi connectivity index (χ0) is 25.2. The van der Waals surface area contributed by atoms with E-state index in [9.17, 15) is 13.2 Å². The second-order valence-corrected chi connectivity index (χ2v) is 13.1. The first-order chi connectivity index (χ1) is 16.7. The van der Waals surface area contributed by atoms with Crippen LogP contribution in [-0.4, -0.2) is 68.8 Å². The highest BCUT2D eigenvalue weighted by Gasteiger charge is 2.29. The van der Waals surface area contributed by atoms with Crippen molar-refractivity contribution in [1.82, 2.24) is 14.2 Å². The molecule has 0 radical (unpaired) electrons. The van der Waals surface area contributed by atoms with Crippen LogP contribution in [0.2, 0.25) is 0 Å². The summed E-state index contributed by atoms with van der Waals surface area (Å²) in [7, 11) is 1.97. The second-order valence-electron chi connectivity index (χ2n) is 9.21. The number of thiazole rings is 1. The average molecular weight is 580 g/mol. The largest absolute Gasteiger partial charge is 0.308 e. The highest BCUT2D eigenvalue weighted by atomic mass is 79.9. The number of carbonyl (C=O) groups is 1. The number of aromatic nitrogens is 1. The molecule has 1 fully saturated rings. The fourth-order valence-corrected chi connectivity index (χ4v) is 7.28. The number of amides is 1. The van der Waals surface area contributed by atoms with Gasteiger partial charge in [0.25, 0.3) is 5.91 Å². The van der Waals surface area contributed by atoms with Crippen LogP contribution in [0.4, 0.5) is 5.13 Å². The SMILES string of the molecule is CN(C)CCN(C(=O)c1ccc(S(=O)(=O)N(C)C2CCCCC2)cc1)c1nc2ccc(Br)cc2s1. The van der Waals surface area contributed by atoms with E-state index in [1.165, 1.54) is 15.6 Å². The lowest BCUT2D eigenvalue weighted by Crippen LogP contribution is -2.38. The van der Waals surface area contributed by atoms with Crippen molar-refractivity contribution in [2.24, 2.45) is 0 Å². The molecular formula is C25H31BrN4O3S2. The molecule has 0 N–H and O–H groups in total. The molecule has 4 rings (SSSR count). The van der Waals surface area contributed by atoms with E-state index >= 15 is 0 Å². The number of hydrogen-bond donors (Lipinski definition) is 0. The number of fused-ring (bicyclic) bond motifs is 1. The van der Waals surface area contributed by atoms with Crippen LogP contribution in [0.5, 0.6) is 0 Å². The van der Waals surface area contributed by atoms with Gasteiger partial charge in [-0.15, -0.1) is 0 Å². The van der Waals surface area contributed by atoms with Crippen molar-refractivity contribution in [1.29, 1.82) is 0 Å². The van der Waals surface area contributed by atoms with E-state index in [1.54, 1.807) is 36.2 Å². The van der Waals surface area contributed by atoms with E-state index in [0.29, 0.717) is 23.8 Å². The Morgan fingerprint density at radius 1 is 1.03 bits per heavy atom. The van der Waals surface area contributed by atoms with Crippen LogP contribution in [0.1, 0.15) is 42.5 Å². The smallest absolute Gasteiger partial charge is 0.260 e. The van der Waals surface area contributed by atoms with Crippen LogP contribution in [0.3, 0.4) is 0 Å². The summed E-state index contributed by atoms with van der Waals surface area (Å²) in [5.41, 5.74) is 1.27. The van der Waals surface area contributed by atoms with Gasteiger partial charge in [0.05, 0.1) is 15.1 Å². The number of likely N-dealkylation sites (N-methyl/N-ethyl adjacent to an activating group) is 1. The molecule has 1 aliphatic carbocycles. The summed E-state index contributed by atoms with van der Waals surface area (Å²) in [5, 5.41) is 0.624. The maximum absolute atomic E-state index is 13.5. The average Bonchev–Trinajstić information content (AvgIpc) is 3.26. The van der Waals surface area contributed by atoms with E-state index in [2.05, 4.69) is 15.9 Å². The monoisotopic (exact) mass is 578 g/mol. The minimum Gasteiger partial charge on any atom is -0.308 e. The molecule has 1 amide bonds. The summed E-state index contributed by atoms with van der Waals surface area (Å²) in [6.07, 6.45) is 5.07. The van der Waals surface area contributed by atoms with Gasteiger partial charge in [-0.2, -0.15) is 4.31 Å². The van der Waals surface area contributed by atoms with E-state index in [0.717, 1.165) is 46.8 Å². The lowest BCUT2D eigenvalue weighted by molar-refractivity contribution is 0.0985. The van der Waals surface area contributed by atoms with Gasteiger partial charge in [0.15, 0.2) is 5.13 Å². The molecule has 0 bridgehead atoms. The van der Waals surface area contributed by atoms with Gasteiger partial charge in [-0.05, 0) is 69.4 Å². The lowest BCUT2D eigenvalue weighted by Gasteiger charge is -2.30. The van der Waals surface area contributed by atoms with Crippen molar-refractivity contribution in [2.45, 2.75) is 43.0 Å². The predicted molar refractivity (Wildman–Crippen MR) is 146 cm³/mol. The number of rotatable bonds is 8. The molecule has 7 nitrogen and oxygen atoms in total. The van der Waals surface area contributed by atoms with Gasteiger partial charge in [-0.1, -0.05) is 46.5 Å². The number of sulfonamides is 1. The Bertz CT molecular complexity index is 1290. The molecule has 1 aliphatic rings. The normalized spacial score (nSPS) is 15.3. The van der Waals surface area contributed by atoms with E-state index < -0.39 is 10.0 Å². The molecule has 0 unspecified atom stereocenters. The van der Waals surface area contributed by atoms with Gasteiger partial charge in [0.1, 0.15) is 0 Å². The highest BCUT2D eigenvalue weighted by molar-refractivity contribution is 9.10. The van der Waals surface area contributed by atoms with Crippen LogP contribution in [0.25, 0.3) is 10.2 Å². The summed E-state index contributed by atoms with van der Waals surface area (Å²) in [5.74, 6) is -0.199. The number of benzene rings is 2. The maximum Gasteiger partial charge on any atom is 0.260 e. The number of halogens is 1. The third kappa shape index (κ3) is 5.94. The Morgan fingerprint density at radius 3 is 2.37 bits per heavy atom. The molecule has 2 aromatic carbocycles. The van der Waals surface area contributed by atoms with Crippen LogP contribution < -0.4 is 4.90 Å². The Morgan fingerprint density at radius 2 is 1.71 bits per heavy atom.